The molecule has 2 fully saturated rings. The number of aromatic amines is 1. The van der Waals surface area contributed by atoms with Crippen molar-refractivity contribution in [2.24, 2.45) is 17.6 Å². The number of hydrogen-bond acceptors (Lipinski definition) is 3. The predicted octanol–water partition coefficient (Wildman–Crippen LogP) is 0.763. The highest BCUT2D eigenvalue weighted by atomic mass is 32.2. The molecular formula is C12H19N3O2S. The summed E-state index contributed by atoms with van der Waals surface area (Å²) in [6, 6.07) is 1.87. The normalized spacial score (nSPS) is 33.5. The van der Waals surface area contributed by atoms with E-state index in [4.69, 9.17) is 5.73 Å². The molecule has 100 valence electrons. The summed E-state index contributed by atoms with van der Waals surface area (Å²) in [5, 5.41) is 0. The summed E-state index contributed by atoms with van der Waals surface area (Å²) in [7, 11) is -3.31. The van der Waals surface area contributed by atoms with E-state index >= 15 is 0 Å². The quantitative estimate of drug-likeness (QED) is 0.832. The maximum absolute atomic E-state index is 12.4. The van der Waals surface area contributed by atoms with E-state index in [1.807, 2.05) is 0 Å². The van der Waals surface area contributed by atoms with E-state index in [0.717, 1.165) is 19.3 Å². The lowest BCUT2D eigenvalue weighted by molar-refractivity contribution is 0.271. The van der Waals surface area contributed by atoms with E-state index in [1.54, 1.807) is 22.8 Å². The third-order valence-electron chi connectivity index (χ3n) is 4.26. The summed E-state index contributed by atoms with van der Waals surface area (Å²) in [4.78, 5) is 3.17. The number of nitrogens with one attached hydrogen (secondary N) is 1. The van der Waals surface area contributed by atoms with Crippen LogP contribution in [-0.2, 0) is 10.0 Å². The predicted molar refractivity (Wildman–Crippen MR) is 68.4 cm³/mol. The molecule has 0 aromatic carbocycles. The Kier molecular flexibility index (Phi) is 2.96. The lowest BCUT2D eigenvalue weighted by atomic mass is 9.79. The van der Waals surface area contributed by atoms with Crippen molar-refractivity contribution in [2.45, 2.75) is 30.2 Å². The molecule has 1 aliphatic heterocycles. The van der Waals surface area contributed by atoms with E-state index in [-0.39, 0.29) is 6.04 Å². The van der Waals surface area contributed by atoms with Crippen LogP contribution in [0.3, 0.4) is 0 Å². The van der Waals surface area contributed by atoms with Crippen molar-refractivity contribution in [1.29, 1.82) is 0 Å². The highest BCUT2D eigenvalue weighted by molar-refractivity contribution is 7.89. The van der Waals surface area contributed by atoms with Crippen LogP contribution < -0.4 is 5.73 Å². The highest BCUT2D eigenvalue weighted by Gasteiger charge is 2.41. The molecule has 1 aromatic rings. The van der Waals surface area contributed by atoms with Gasteiger partial charge in [-0.2, -0.15) is 4.31 Å². The van der Waals surface area contributed by atoms with Crippen molar-refractivity contribution >= 4 is 10.0 Å². The fourth-order valence-electron chi connectivity index (χ4n) is 3.24. The van der Waals surface area contributed by atoms with Gasteiger partial charge in [-0.15, -0.1) is 0 Å². The van der Waals surface area contributed by atoms with Gasteiger partial charge in [-0.05, 0) is 37.2 Å². The molecule has 5 nitrogen and oxygen atoms in total. The highest BCUT2D eigenvalue weighted by Crippen LogP contribution is 2.37. The summed E-state index contributed by atoms with van der Waals surface area (Å²) in [5.41, 5.74) is 5.97. The van der Waals surface area contributed by atoms with Crippen LogP contribution in [0, 0.1) is 11.8 Å². The molecule has 1 aromatic heterocycles. The number of fused-ring (bicyclic) bond motifs is 1. The Labute approximate surface area is 107 Å². The van der Waals surface area contributed by atoms with Gasteiger partial charge in [0.2, 0.25) is 10.0 Å². The molecule has 6 heteroatoms. The van der Waals surface area contributed by atoms with Gasteiger partial charge in [-0.25, -0.2) is 8.42 Å². The first-order chi connectivity index (χ1) is 8.57. The van der Waals surface area contributed by atoms with Crippen molar-refractivity contribution < 1.29 is 8.42 Å². The van der Waals surface area contributed by atoms with Crippen LogP contribution in [0.1, 0.15) is 19.3 Å². The standard InChI is InChI=1S/C12H19N3O2S/c13-11-2-1-9-7-15(8-10(9)5-11)18(16,17)12-3-4-14-6-12/h3-4,6,9-11,14H,1-2,5,7-8,13H2/t9-,10+,11?/m0/s1. The van der Waals surface area contributed by atoms with Crippen molar-refractivity contribution in [1.82, 2.24) is 9.29 Å². The number of nitrogens with zero attached hydrogens (tertiary/aromatic N) is 1. The van der Waals surface area contributed by atoms with Crippen LogP contribution in [0.4, 0.5) is 0 Å². The Hall–Kier alpha value is -0.850. The van der Waals surface area contributed by atoms with Crippen molar-refractivity contribution in [2.75, 3.05) is 13.1 Å². The largest absolute Gasteiger partial charge is 0.366 e. The lowest BCUT2D eigenvalue weighted by Gasteiger charge is -2.28. The number of hydrogen-bond donors (Lipinski definition) is 2. The molecule has 1 saturated carbocycles. The molecule has 0 radical (unpaired) electrons. The van der Waals surface area contributed by atoms with Crippen molar-refractivity contribution in [3.63, 3.8) is 0 Å². The summed E-state index contributed by atoms with van der Waals surface area (Å²) in [6.45, 7) is 1.29. The molecule has 3 rings (SSSR count). The van der Waals surface area contributed by atoms with Crippen LogP contribution in [0.2, 0.25) is 0 Å². The van der Waals surface area contributed by atoms with Gasteiger partial charge >= 0.3 is 0 Å². The van der Waals surface area contributed by atoms with Gasteiger partial charge in [0.25, 0.3) is 0 Å². The molecule has 1 unspecified atom stereocenters. The van der Waals surface area contributed by atoms with Crippen molar-refractivity contribution in [3.05, 3.63) is 18.5 Å². The fraction of sp³-hybridized carbons (Fsp3) is 0.667. The third kappa shape index (κ3) is 1.98. The second-order valence-corrected chi connectivity index (χ2v) is 7.40. The molecule has 1 saturated heterocycles. The van der Waals surface area contributed by atoms with Gasteiger partial charge in [0.1, 0.15) is 0 Å². The zero-order valence-electron chi connectivity index (χ0n) is 10.2. The van der Waals surface area contributed by atoms with E-state index in [9.17, 15) is 8.42 Å². The van der Waals surface area contributed by atoms with Gasteiger partial charge in [0.05, 0.1) is 4.90 Å². The van der Waals surface area contributed by atoms with Crippen LogP contribution in [0.5, 0.6) is 0 Å². The minimum absolute atomic E-state index is 0.251. The van der Waals surface area contributed by atoms with E-state index < -0.39 is 10.0 Å². The maximum atomic E-state index is 12.4. The van der Waals surface area contributed by atoms with Gasteiger partial charge in [-0.3, -0.25) is 0 Å². The Morgan fingerprint density at radius 2 is 2.06 bits per heavy atom. The summed E-state index contributed by atoms with van der Waals surface area (Å²) >= 11 is 0. The Balaban J connectivity index is 1.80. The molecule has 2 heterocycles. The molecule has 0 amide bonds. The summed E-state index contributed by atoms with van der Waals surface area (Å²) in [5.74, 6) is 0.945. The second kappa shape index (κ2) is 4.36. The number of sulfonamides is 1. The average molecular weight is 269 g/mol. The number of aromatic nitrogens is 1. The maximum Gasteiger partial charge on any atom is 0.244 e. The minimum Gasteiger partial charge on any atom is -0.366 e. The van der Waals surface area contributed by atoms with Crippen molar-refractivity contribution in [3.8, 4) is 0 Å². The lowest BCUT2D eigenvalue weighted by Crippen LogP contribution is -2.32. The smallest absolute Gasteiger partial charge is 0.244 e. The second-order valence-electron chi connectivity index (χ2n) is 5.46. The summed E-state index contributed by atoms with van der Waals surface area (Å²) in [6.07, 6.45) is 6.24. The zero-order valence-corrected chi connectivity index (χ0v) is 11.1. The Bertz CT molecular complexity index is 511. The van der Waals surface area contributed by atoms with Gasteiger partial charge in [-0.1, -0.05) is 0 Å². The molecule has 0 spiro atoms. The van der Waals surface area contributed by atoms with Crippen LogP contribution in [0.15, 0.2) is 23.4 Å². The van der Waals surface area contributed by atoms with E-state index in [2.05, 4.69) is 4.98 Å². The molecule has 1 aliphatic carbocycles. The van der Waals surface area contributed by atoms with Gasteiger partial charge in [0, 0.05) is 31.5 Å². The van der Waals surface area contributed by atoms with Crippen LogP contribution in [-0.4, -0.2) is 36.8 Å². The first-order valence-electron chi connectivity index (χ1n) is 6.46. The topological polar surface area (TPSA) is 79.2 Å². The minimum atomic E-state index is -3.31. The third-order valence-corrected chi connectivity index (χ3v) is 6.09. The van der Waals surface area contributed by atoms with Crippen LogP contribution >= 0.6 is 0 Å². The molecular weight excluding hydrogens is 250 g/mol. The Morgan fingerprint density at radius 1 is 1.28 bits per heavy atom. The van der Waals surface area contributed by atoms with Gasteiger partial charge < -0.3 is 10.7 Å². The molecule has 3 N–H and O–H groups in total. The Morgan fingerprint density at radius 3 is 2.78 bits per heavy atom. The fourth-order valence-corrected chi connectivity index (χ4v) is 4.77. The first kappa shape index (κ1) is 12.2. The van der Waals surface area contributed by atoms with Crippen LogP contribution in [0.25, 0.3) is 0 Å². The number of H-pyrrole nitrogens is 1. The zero-order chi connectivity index (χ0) is 12.8. The number of nitrogens with two attached hydrogens (primary N) is 1. The SMILES string of the molecule is NC1CC[C@H]2CN(S(=O)(=O)c3cc[nH]c3)C[C@H]2C1. The first-order valence-corrected chi connectivity index (χ1v) is 7.90. The molecule has 0 bridgehead atoms. The summed E-state index contributed by atoms with van der Waals surface area (Å²) < 4.78 is 26.4. The van der Waals surface area contributed by atoms with E-state index in [1.165, 1.54) is 0 Å². The molecule has 2 aliphatic rings. The van der Waals surface area contributed by atoms with E-state index in [0.29, 0.717) is 29.8 Å². The number of rotatable bonds is 2. The molecule has 18 heavy (non-hydrogen) atoms. The molecule has 3 atom stereocenters. The monoisotopic (exact) mass is 269 g/mol. The van der Waals surface area contributed by atoms with Gasteiger partial charge in [0.15, 0.2) is 0 Å². The average Bonchev–Trinajstić information content (AvgIpc) is 2.97.